The Balaban J connectivity index is 1.42. The number of fused-ring (bicyclic) bond motifs is 4. The molecule has 0 aliphatic carbocycles. The van der Waals surface area contributed by atoms with Crippen molar-refractivity contribution in [2.24, 2.45) is 5.92 Å². The van der Waals surface area contributed by atoms with Crippen molar-refractivity contribution in [3.63, 3.8) is 0 Å². The molecule has 1 unspecified atom stereocenters. The average molecular weight is 365 g/mol. The van der Waals surface area contributed by atoms with Gasteiger partial charge in [0.15, 0.2) is 0 Å². The first kappa shape index (κ1) is 16.5. The lowest BCUT2D eigenvalue weighted by molar-refractivity contribution is -0.924. The lowest BCUT2D eigenvalue weighted by Crippen LogP contribution is -3.13. The molecule has 138 valence electrons. The topological polar surface area (TPSA) is 39.6 Å². The van der Waals surface area contributed by atoms with Gasteiger partial charge in [0.05, 0.1) is 24.9 Å². The second-order valence-corrected chi connectivity index (χ2v) is 7.83. The van der Waals surface area contributed by atoms with Gasteiger partial charge in [-0.15, -0.1) is 0 Å². The molecular formula is C22H22FN2O2+. The lowest BCUT2D eigenvalue weighted by atomic mass is 9.82. The SMILES string of the molecule is O=c1c(-c2ccco2)ccc2n1C[C@H]1C[C@@H]2C[NH+](Cc2ccc(F)cc2)C1. The fourth-order valence-corrected chi connectivity index (χ4v) is 4.82. The Morgan fingerprint density at radius 2 is 1.96 bits per heavy atom. The predicted octanol–water partition coefficient (Wildman–Crippen LogP) is 2.45. The molecule has 1 aromatic carbocycles. The molecule has 5 heteroatoms. The number of nitrogens with one attached hydrogen (secondary N) is 1. The maximum absolute atomic E-state index is 13.1. The zero-order valence-corrected chi connectivity index (χ0v) is 15.0. The summed E-state index contributed by atoms with van der Waals surface area (Å²) >= 11 is 0. The molecule has 0 saturated carbocycles. The van der Waals surface area contributed by atoms with Crippen molar-refractivity contribution in [3.05, 3.63) is 82.2 Å². The molecule has 4 heterocycles. The second kappa shape index (κ2) is 6.50. The van der Waals surface area contributed by atoms with Crippen molar-refractivity contribution in [2.45, 2.75) is 25.4 Å². The molecule has 1 saturated heterocycles. The van der Waals surface area contributed by atoms with E-state index in [4.69, 9.17) is 4.42 Å². The van der Waals surface area contributed by atoms with Gasteiger partial charge in [0.2, 0.25) is 0 Å². The molecule has 2 aliphatic rings. The van der Waals surface area contributed by atoms with Crippen LogP contribution in [0.1, 0.15) is 23.6 Å². The van der Waals surface area contributed by atoms with Crippen LogP contribution in [0.5, 0.6) is 0 Å². The van der Waals surface area contributed by atoms with E-state index in [9.17, 15) is 9.18 Å². The minimum atomic E-state index is -0.190. The van der Waals surface area contributed by atoms with E-state index in [-0.39, 0.29) is 11.4 Å². The standard InChI is InChI=1S/C22H21FN2O2/c23-18-5-3-15(4-6-18)11-24-12-16-10-17(14-24)20-8-7-19(21-2-1-9-27-21)22(26)25(20)13-16/h1-9,16-17H,10-14H2/p+1/t16-,17+/m0/s1. The van der Waals surface area contributed by atoms with Gasteiger partial charge in [-0.1, -0.05) is 12.1 Å². The van der Waals surface area contributed by atoms with E-state index in [1.807, 2.05) is 34.9 Å². The Morgan fingerprint density at radius 1 is 1.11 bits per heavy atom. The van der Waals surface area contributed by atoms with Gasteiger partial charge in [-0.2, -0.15) is 0 Å². The number of likely N-dealkylation sites (tertiary alicyclic amines) is 1. The van der Waals surface area contributed by atoms with Crippen LogP contribution in [0.3, 0.4) is 0 Å². The van der Waals surface area contributed by atoms with E-state index in [1.165, 1.54) is 17.0 Å². The van der Waals surface area contributed by atoms with Gasteiger partial charge in [-0.3, -0.25) is 4.79 Å². The van der Waals surface area contributed by atoms with Crippen molar-refractivity contribution < 1.29 is 13.7 Å². The Kier molecular flexibility index (Phi) is 3.97. The average Bonchev–Trinajstić information content (AvgIpc) is 3.19. The van der Waals surface area contributed by atoms with Crippen molar-refractivity contribution in [2.75, 3.05) is 13.1 Å². The largest absolute Gasteiger partial charge is 0.464 e. The van der Waals surface area contributed by atoms with Gasteiger partial charge in [-0.05, 0) is 42.8 Å². The molecule has 1 N–H and O–H groups in total. The Labute approximate surface area is 156 Å². The number of hydrogen-bond acceptors (Lipinski definition) is 2. The quantitative estimate of drug-likeness (QED) is 0.775. The van der Waals surface area contributed by atoms with Gasteiger partial charge in [0, 0.05) is 29.6 Å². The highest BCUT2D eigenvalue weighted by Gasteiger charge is 2.37. The van der Waals surface area contributed by atoms with Crippen molar-refractivity contribution in [1.29, 1.82) is 0 Å². The Hall–Kier alpha value is -2.66. The van der Waals surface area contributed by atoms with Crippen LogP contribution in [0.4, 0.5) is 4.39 Å². The molecule has 0 radical (unpaired) electrons. The van der Waals surface area contributed by atoms with Crippen molar-refractivity contribution in [1.82, 2.24) is 4.57 Å². The third kappa shape index (κ3) is 3.02. The number of benzene rings is 1. The van der Waals surface area contributed by atoms with E-state index in [0.29, 0.717) is 23.2 Å². The molecule has 2 aliphatic heterocycles. The summed E-state index contributed by atoms with van der Waals surface area (Å²) in [5, 5.41) is 0. The Morgan fingerprint density at radius 3 is 2.74 bits per heavy atom. The van der Waals surface area contributed by atoms with Gasteiger partial charge < -0.3 is 13.9 Å². The van der Waals surface area contributed by atoms with Crippen LogP contribution in [-0.4, -0.2) is 17.7 Å². The first-order valence-electron chi connectivity index (χ1n) is 9.53. The molecule has 2 aromatic heterocycles. The number of aromatic nitrogens is 1. The van der Waals surface area contributed by atoms with Crippen LogP contribution in [0.2, 0.25) is 0 Å². The first-order valence-corrected chi connectivity index (χ1v) is 9.53. The number of halogens is 1. The molecule has 4 nitrogen and oxygen atoms in total. The van der Waals surface area contributed by atoms with Crippen LogP contribution in [-0.2, 0) is 13.1 Å². The fourth-order valence-electron chi connectivity index (χ4n) is 4.82. The number of hydrogen-bond donors (Lipinski definition) is 1. The number of rotatable bonds is 3. The second-order valence-electron chi connectivity index (χ2n) is 7.83. The highest BCUT2D eigenvalue weighted by Crippen LogP contribution is 2.31. The zero-order chi connectivity index (χ0) is 18.4. The minimum Gasteiger partial charge on any atom is -0.464 e. The van der Waals surface area contributed by atoms with E-state index in [2.05, 4.69) is 6.07 Å². The number of nitrogens with zero attached hydrogens (tertiary/aromatic N) is 1. The molecule has 27 heavy (non-hydrogen) atoms. The highest BCUT2D eigenvalue weighted by atomic mass is 19.1. The molecule has 1 fully saturated rings. The zero-order valence-electron chi connectivity index (χ0n) is 15.0. The molecule has 0 amide bonds. The molecule has 5 rings (SSSR count). The van der Waals surface area contributed by atoms with Crippen LogP contribution in [0.15, 0.2) is 64.0 Å². The summed E-state index contributed by atoms with van der Waals surface area (Å²) in [5.41, 5.74) is 3.00. The third-order valence-corrected chi connectivity index (χ3v) is 5.95. The lowest BCUT2D eigenvalue weighted by Gasteiger charge is -2.40. The minimum absolute atomic E-state index is 0.0548. The van der Waals surface area contributed by atoms with Crippen LogP contribution < -0.4 is 10.5 Å². The van der Waals surface area contributed by atoms with Crippen molar-refractivity contribution in [3.8, 4) is 11.3 Å². The van der Waals surface area contributed by atoms with Gasteiger partial charge in [0.1, 0.15) is 18.1 Å². The molecule has 3 atom stereocenters. The summed E-state index contributed by atoms with van der Waals surface area (Å²) in [6, 6.07) is 14.5. The van der Waals surface area contributed by atoms with Gasteiger partial charge in [-0.25, -0.2) is 4.39 Å². The normalized spacial score (nSPS) is 23.8. The fraction of sp³-hybridized carbons (Fsp3) is 0.318. The van der Waals surface area contributed by atoms with E-state index < -0.39 is 0 Å². The Bertz CT molecular complexity index is 1010. The van der Waals surface area contributed by atoms with Crippen molar-refractivity contribution >= 4 is 0 Å². The maximum Gasteiger partial charge on any atom is 0.261 e. The number of piperidine rings is 1. The van der Waals surface area contributed by atoms with Crippen LogP contribution in [0, 0.1) is 11.7 Å². The molecular weight excluding hydrogens is 343 g/mol. The first-order chi connectivity index (χ1) is 13.2. The molecule has 3 aromatic rings. The molecule has 0 spiro atoms. The summed E-state index contributed by atoms with van der Waals surface area (Å²) in [5.74, 6) is 1.34. The van der Waals surface area contributed by atoms with Gasteiger partial charge >= 0.3 is 0 Å². The highest BCUT2D eigenvalue weighted by molar-refractivity contribution is 5.56. The van der Waals surface area contributed by atoms with Crippen LogP contribution in [0.25, 0.3) is 11.3 Å². The maximum atomic E-state index is 13.1. The van der Waals surface area contributed by atoms with Gasteiger partial charge in [0.25, 0.3) is 5.56 Å². The molecule has 2 bridgehead atoms. The van der Waals surface area contributed by atoms with E-state index in [0.717, 1.165) is 43.9 Å². The number of furan rings is 1. The summed E-state index contributed by atoms with van der Waals surface area (Å²) < 4.78 is 20.5. The van der Waals surface area contributed by atoms with Crippen LogP contribution >= 0.6 is 0 Å². The third-order valence-electron chi connectivity index (χ3n) is 5.95. The monoisotopic (exact) mass is 365 g/mol. The number of quaternary nitrogens is 1. The summed E-state index contributed by atoms with van der Waals surface area (Å²) in [4.78, 5) is 14.5. The summed E-state index contributed by atoms with van der Waals surface area (Å²) in [7, 11) is 0. The summed E-state index contributed by atoms with van der Waals surface area (Å²) in [6.07, 6.45) is 2.75. The summed E-state index contributed by atoms with van der Waals surface area (Å²) in [6.45, 7) is 3.73. The van der Waals surface area contributed by atoms with E-state index >= 15 is 0 Å². The smallest absolute Gasteiger partial charge is 0.261 e. The number of pyridine rings is 1. The predicted molar refractivity (Wildman–Crippen MR) is 100 cm³/mol. The van der Waals surface area contributed by atoms with E-state index in [1.54, 1.807) is 6.26 Å².